The highest BCUT2D eigenvalue weighted by molar-refractivity contribution is 6.04. The van der Waals surface area contributed by atoms with E-state index in [1.807, 2.05) is 44.2 Å². The van der Waals surface area contributed by atoms with Crippen LogP contribution in [0.15, 0.2) is 79.1 Å². The molecule has 0 radical (unpaired) electrons. The summed E-state index contributed by atoms with van der Waals surface area (Å²) in [6.45, 7) is 3.99. The van der Waals surface area contributed by atoms with E-state index in [2.05, 4.69) is 20.6 Å². The molecule has 0 fully saturated rings. The number of halogens is 1. The molecule has 0 saturated carbocycles. The van der Waals surface area contributed by atoms with Crippen LogP contribution in [0.4, 0.5) is 21.6 Å². The van der Waals surface area contributed by atoms with E-state index in [9.17, 15) is 9.18 Å². The van der Waals surface area contributed by atoms with E-state index < -0.39 is 0 Å². The number of carbonyl (C=O) groups is 1. The Labute approximate surface area is 180 Å². The quantitative estimate of drug-likeness (QED) is 0.429. The summed E-state index contributed by atoms with van der Waals surface area (Å²) in [7, 11) is 0. The summed E-state index contributed by atoms with van der Waals surface area (Å²) in [6, 6.07) is 21.0. The molecule has 0 aliphatic rings. The minimum Gasteiger partial charge on any atom is -0.340 e. The van der Waals surface area contributed by atoms with Gasteiger partial charge in [0.05, 0.1) is 5.69 Å². The van der Waals surface area contributed by atoms with Gasteiger partial charge in [0.2, 0.25) is 0 Å². The van der Waals surface area contributed by atoms with E-state index in [1.165, 1.54) is 18.5 Å². The first-order chi connectivity index (χ1) is 15.0. The monoisotopic (exact) mass is 412 g/mol. The third-order valence-electron chi connectivity index (χ3n) is 4.86. The average Bonchev–Trinajstić information content (AvgIpc) is 2.77. The van der Waals surface area contributed by atoms with Gasteiger partial charge in [-0.3, -0.25) is 4.79 Å². The second-order valence-corrected chi connectivity index (χ2v) is 7.27. The van der Waals surface area contributed by atoms with E-state index in [0.29, 0.717) is 17.1 Å². The largest absolute Gasteiger partial charge is 0.340 e. The Morgan fingerprint density at radius 2 is 1.61 bits per heavy atom. The Balaban J connectivity index is 1.45. The van der Waals surface area contributed by atoms with Crippen molar-refractivity contribution in [3.05, 3.63) is 102 Å². The van der Waals surface area contributed by atoms with Crippen molar-refractivity contribution in [2.24, 2.45) is 0 Å². The first-order valence-corrected chi connectivity index (χ1v) is 9.81. The molecule has 0 saturated heterocycles. The molecule has 0 aliphatic heterocycles. The summed E-state index contributed by atoms with van der Waals surface area (Å²) in [4.78, 5) is 21.0. The first-order valence-electron chi connectivity index (χ1n) is 9.81. The van der Waals surface area contributed by atoms with Gasteiger partial charge in [0.25, 0.3) is 5.91 Å². The SMILES string of the molecule is Cc1ccc(NC(=O)c2ccc(Nc3cc(-c4ccc(F)cc4)ncn3)cc2)c(C)c1. The fraction of sp³-hybridized carbons (Fsp3) is 0.0800. The number of benzene rings is 3. The van der Waals surface area contributed by atoms with Crippen LogP contribution < -0.4 is 10.6 Å². The van der Waals surface area contributed by atoms with E-state index in [0.717, 1.165) is 28.1 Å². The number of aryl methyl sites for hydroxylation is 2. The Kier molecular flexibility index (Phi) is 5.71. The van der Waals surface area contributed by atoms with Gasteiger partial charge in [0.1, 0.15) is 18.0 Å². The van der Waals surface area contributed by atoms with Crippen molar-refractivity contribution in [1.82, 2.24) is 9.97 Å². The number of hydrogen-bond acceptors (Lipinski definition) is 4. The molecule has 154 valence electrons. The molecule has 1 heterocycles. The predicted molar refractivity (Wildman–Crippen MR) is 121 cm³/mol. The molecule has 5 nitrogen and oxygen atoms in total. The van der Waals surface area contributed by atoms with Crippen LogP contribution in [0, 0.1) is 19.7 Å². The fourth-order valence-corrected chi connectivity index (χ4v) is 3.21. The van der Waals surface area contributed by atoms with E-state index >= 15 is 0 Å². The van der Waals surface area contributed by atoms with Gasteiger partial charge in [0.15, 0.2) is 0 Å². The Morgan fingerprint density at radius 3 is 2.32 bits per heavy atom. The van der Waals surface area contributed by atoms with Crippen molar-refractivity contribution in [3.8, 4) is 11.3 Å². The highest BCUT2D eigenvalue weighted by Gasteiger charge is 2.09. The Morgan fingerprint density at radius 1 is 0.871 bits per heavy atom. The van der Waals surface area contributed by atoms with Crippen LogP contribution in [0.2, 0.25) is 0 Å². The molecular weight excluding hydrogens is 391 g/mol. The van der Waals surface area contributed by atoms with Crippen LogP contribution >= 0.6 is 0 Å². The van der Waals surface area contributed by atoms with Crippen molar-refractivity contribution >= 4 is 23.1 Å². The third kappa shape index (κ3) is 4.93. The van der Waals surface area contributed by atoms with E-state index in [4.69, 9.17) is 0 Å². The molecule has 2 N–H and O–H groups in total. The highest BCUT2D eigenvalue weighted by atomic mass is 19.1. The Hall–Kier alpha value is -4.06. The molecule has 0 spiro atoms. The summed E-state index contributed by atoms with van der Waals surface area (Å²) in [5.74, 6) is 0.138. The van der Waals surface area contributed by atoms with E-state index in [1.54, 1.807) is 30.3 Å². The number of nitrogens with zero attached hydrogens (tertiary/aromatic N) is 2. The molecule has 4 rings (SSSR count). The van der Waals surface area contributed by atoms with E-state index in [-0.39, 0.29) is 11.7 Å². The second kappa shape index (κ2) is 8.75. The van der Waals surface area contributed by atoms with Crippen LogP contribution in [0.3, 0.4) is 0 Å². The number of carbonyl (C=O) groups excluding carboxylic acids is 1. The molecule has 4 aromatic rings. The maximum absolute atomic E-state index is 13.1. The van der Waals surface area contributed by atoms with Crippen molar-refractivity contribution in [2.75, 3.05) is 10.6 Å². The first kappa shape index (κ1) is 20.2. The third-order valence-corrected chi connectivity index (χ3v) is 4.86. The fourth-order valence-electron chi connectivity index (χ4n) is 3.21. The van der Waals surface area contributed by atoms with Gasteiger partial charge in [-0.15, -0.1) is 0 Å². The molecule has 0 aliphatic carbocycles. The number of hydrogen-bond donors (Lipinski definition) is 2. The standard InChI is InChI=1S/C25H21FN4O/c1-16-3-12-22(17(2)13-16)30-25(31)19-6-10-21(11-7-19)29-24-14-23(27-15-28-24)18-4-8-20(26)9-5-18/h3-15H,1-2H3,(H,30,31)(H,27,28,29). The molecule has 0 unspecified atom stereocenters. The van der Waals surface area contributed by atoms with Crippen molar-refractivity contribution in [2.45, 2.75) is 13.8 Å². The lowest BCUT2D eigenvalue weighted by molar-refractivity contribution is 0.102. The zero-order valence-electron chi connectivity index (χ0n) is 17.2. The normalized spacial score (nSPS) is 10.5. The number of anilines is 3. The molecule has 3 aromatic carbocycles. The summed E-state index contributed by atoms with van der Waals surface area (Å²) in [5.41, 5.74) is 5.79. The van der Waals surface area contributed by atoms with Crippen LogP contribution in [-0.4, -0.2) is 15.9 Å². The number of nitrogens with one attached hydrogen (secondary N) is 2. The van der Waals surface area contributed by atoms with Crippen LogP contribution in [0.25, 0.3) is 11.3 Å². The van der Waals surface area contributed by atoms with Gasteiger partial charge in [-0.05, 0) is 74.0 Å². The molecule has 0 atom stereocenters. The molecular formula is C25H21FN4O. The maximum atomic E-state index is 13.1. The zero-order valence-corrected chi connectivity index (χ0v) is 17.2. The van der Waals surface area contributed by atoms with Gasteiger partial charge in [0, 0.05) is 28.6 Å². The van der Waals surface area contributed by atoms with Gasteiger partial charge in [-0.2, -0.15) is 0 Å². The lowest BCUT2D eigenvalue weighted by Gasteiger charge is -2.10. The molecule has 1 aromatic heterocycles. The summed E-state index contributed by atoms with van der Waals surface area (Å²) >= 11 is 0. The molecule has 6 heteroatoms. The lowest BCUT2D eigenvalue weighted by Crippen LogP contribution is -2.12. The second-order valence-electron chi connectivity index (χ2n) is 7.27. The average molecular weight is 412 g/mol. The summed E-state index contributed by atoms with van der Waals surface area (Å²) in [5, 5.41) is 6.15. The zero-order chi connectivity index (χ0) is 21.8. The smallest absolute Gasteiger partial charge is 0.255 e. The molecule has 1 amide bonds. The molecule has 31 heavy (non-hydrogen) atoms. The lowest BCUT2D eigenvalue weighted by atomic mass is 10.1. The minimum absolute atomic E-state index is 0.167. The highest BCUT2D eigenvalue weighted by Crippen LogP contribution is 2.22. The van der Waals surface area contributed by atoms with Crippen LogP contribution in [0.1, 0.15) is 21.5 Å². The van der Waals surface area contributed by atoms with Crippen molar-refractivity contribution in [3.63, 3.8) is 0 Å². The predicted octanol–water partition coefficient (Wildman–Crippen LogP) is 5.90. The number of rotatable bonds is 5. The Bertz CT molecular complexity index is 1220. The van der Waals surface area contributed by atoms with Gasteiger partial charge in [-0.1, -0.05) is 17.7 Å². The minimum atomic E-state index is -0.294. The van der Waals surface area contributed by atoms with Crippen LogP contribution in [-0.2, 0) is 0 Å². The van der Waals surface area contributed by atoms with Gasteiger partial charge < -0.3 is 10.6 Å². The van der Waals surface area contributed by atoms with Crippen LogP contribution in [0.5, 0.6) is 0 Å². The topological polar surface area (TPSA) is 66.9 Å². The number of aromatic nitrogens is 2. The molecule has 0 bridgehead atoms. The van der Waals surface area contributed by atoms with Gasteiger partial charge in [-0.25, -0.2) is 14.4 Å². The summed E-state index contributed by atoms with van der Waals surface area (Å²) < 4.78 is 13.1. The summed E-state index contributed by atoms with van der Waals surface area (Å²) in [6.07, 6.45) is 1.45. The number of amides is 1. The van der Waals surface area contributed by atoms with Gasteiger partial charge >= 0.3 is 0 Å². The van der Waals surface area contributed by atoms with Crippen molar-refractivity contribution in [1.29, 1.82) is 0 Å². The maximum Gasteiger partial charge on any atom is 0.255 e. The van der Waals surface area contributed by atoms with Crippen molar-refractivity contribution < 1.29 is 9.18 Å².